The van der Waals surface area contributed by atoms with Crippen molar-refractivity contribution in [2.75, 3.05) is 20.8 Å². The standard InChI is InChI=1S/C13H14N2O6/c1-18-9-5-3-4-8(12(9)19-2)13-15-14-10(21-13)6-20-7-11(16)17/h3-5H,6-7H2,1-2H3,(H,16,17). The molecule has 0 aliphatic heterocycles. The zero-order chi connectivity index (χ0) is 15.2. The SMILES string of the molecule is COc1cccc(-c2nnc(COCC(=O)O)o2)c1OC. The molecule has 1 heterocycles. The van der Waals surface area contributed by atoms with Gasteiger partial charge in [-0.2, -0.15) is 0 Å². The molecule has 0 saturated heterocycles. The van der Waals surface area contributed by atoms with Crippen LogP contribution in [-0.4, -0.2) is 42.1 Å². The predicted octanol–water partition coefficient (Wildman–Crippen LogP) is 1.35. The van der Waals surface area contributed by atoms with E-state index in [2.05, 4.69) is 10.2 Å². The molecule has 0 saturated carbocycles. The van der Waals surface area contributed by atoms with Gasteiger partial charge >= 0.3 is 5.97 Å². The van der Waals surface area contributed by atoms with Crippen molar-refractivity contribution in [2.24, 2.45) is 0 Å². The number of methoxy groups -OCH3 is 2. The Morgan fingerprint density at radius 1 is 1.29 bits per heavy atom. The molecule has 1 aromatic heterocycles. The number of carbonyl (C=O) groups is 1. The Morgan fingerprint density at radius 3 is 2.76 bits per heavy atom. The summed E-state index contributed by atoms with van der Waals surface area (Å²) in [5.41, 5.74) is 0.578. The van der Waals surface area contributed by atoms with E-state index in [0.717, 1.165) is 0 Å². The second kappa shape index (κ2) is 6.71. The van der Waals surface area contributed by atoms with Gasteiger partial charge in [0, 0.05) is 0 Å². The predicted molar refractivity (Wildman–Crippen MR) is 70.1 cm³/mol. The van der Waals surface area contributed by atoms with Crippen LogP contribution in [0.3, 0.4) is 0 Å². The Hall–Kier alpha value is -2.61. The molecule has 0 aliphatic carbocycles. The number of hydrogen-bond donors (Lipinski definition) is 1. The van der Waals surface area contributed by atoms with Crippen molar-refractivity contribution in [3.05, 3.63) is 24.1 Å². The number of para-hydroxylation sites is 1. The third-order valence-electron chi connectivity index (χ3n) is 2.55. The van der Waals surface area contributed by atoms with Gasteiger partial charge in [-0.3, -0.25) is 0 Å². The first-order chi connectivity index (χ1) is 10.2. The summed E-state index contributed by atoms with van der Waals surface area (Å²) in [7, 11) is 3.04. The van der Waals surface area contributed by atoms with Crippen LogP contribution in [0.25, 0.3) is 11.5 Å². The smallest absolute Gasteiger partial charge is 0.329 e. The van der Waals surface area contributed by atoms with Gasteiger partial charge in [0.15, 0.2) is 11.5 Å². The summed E-state index contributed by atoms with van der Waals surface area (Å²) >= 11 is 0. The molecule has 2 aromatic rings. The number of aliphatic carboxylic acids is 1. The largest absolute Gasteiger partial charge is 0.493 e. The van der Waals surface area contributed by atoms with Crippen LogP contribution in [0.15, 0.2) is 22.6 Å². The van der Waals surface area contributed by atoms with E-state index in [-0.39, 0.29) is 18.4 Å². The average molecular weight is 294 g/mol. The van der Waals surface area contributed by atoms with E-state index < -0.39 is 12.6 Å². The molecule has 0 amide bonds. The first kappa shape index (κ1) is 14.8. The van der Waals surface area contributed by atoms with Crippen LogP contribution in [0.4, 0.5) is 0 Å². The van der Waals surface area contributed by atoms with E-state index in [1.165, 1.54) is 14.2 Å². The number of ether oxygens (including phenoxy) is 3. The number of nitrogens with zero attached hydrogens (tertiary/aromatic N) is 2. The first-order valence-corrected chi connectivity index (χ1v) is 5.99. The topological polar surface area (TPSA) is 104 Å². The molecule has 2 rings (SSSR count). The van der Waals surface area contributed by atoms with Crippen molar-refractivity contribution < 1.29 is 28.5 Å². The lowest BCUT2D eigenvalue weighted by molar-refractivity contribution is -0.142. The van der Waals surface area contributed by atoms with Crippen LogP contribution in [0, 0.1) is 0 Å². The average Bonchev–Trinajstić information content (AvgIpc) is 2.94. The Kier molecular flexibility index (Phi) is 4.72. The number of carboxylic acids is 1. The summed E-state index contributed by atoms with van der Waals surface area (Å²) < 4.78 is 20.8. The first-order valence-electron chi connectivity index (χ1n) is 5.99. The van der Waals surface area contributed by atoms with Gasteiger partial charge in [-0.1, -0.05) is 6.07 Å². The van der Waals surface area contributed by atoms with Crippen LogP contribution < -0.4 is 9.47 Å². The molecule has 21 heavy (non-hydrogen) atoms. The van der Waals surface area contributed by atoms with Crippen molar-refractivity contribution in [1.29, 1.82) is 0 Å². The maximum atomic E-state index is 10.3. The minimum absolute atomic E-state index is 0.0778. The Bertz CT molecular complexity index is 625. The third-order valence-corrected chi connectivity index (χ3v) is 2.55. The lowest BCUT2D eigenvalue weighted by atomic mass is 10.2. The fraction of sp³-hybridized carbons (Fsp3) is 0.308. The van der Waals surface area contributed by atoms with Crippen molar-refractivity contribution in [3.63, 3.8) is 0 Å². The molecule has 0 aliphatic rings. The molecule has 0 fully saturated rings. The van der Waals surface area contributed by atoms with Crippen molar-refractivity contribution in [1.82, 2.24) is 10.2 Å². The van der Waals surface area contributed by atoms with Crippen LogP contribution in [0.2, 0.25) is 0 Å². The van der Waals surface area contributed by atoms with Gasteiger partial charge in [-0.05, 0) is 12.1 Å². The second-order valence-electron chi connectivity index (χ2n) is 3.93. The van der Waals surface area contributed by atoms with E-state index in [1.54, 1.807) is 18.2 Å². The number of aromatic nitrogens is 2. The van der Waals surface area contributed by atoms with Gasteiger partial charge in [0.25, 0.3) is 5.89 Å². The van der Waals surface area contributed by atoms with Crippen LogP contribution in [-0.2, 0) is 16.1 Å². The van der Waals surface area contributed by atoms with Crippen LogP contribution >= 0.6 is 0 Å². The van der Waals surface area contributed by atoms with Gasteiger partial charge in [0.05, 0.1) is 19.8 Å². The number of carboxylic acid groups (broad SMARTS) is 1. The van der Waals surface area contributed by atoms with Crippen LogP contribution in [0.1, 0.15) is 5.89 Å². The fourth-order valence-corrected chi connectivity index (χ4v) is 1.70. The molecule has 1 N–H and O–H groups in total. The minimum Gasteiger partial charge on any atom is -0.493 e. The monoisotopic (exact) mass is 294 g/mol. The molecular weight excluding hydrogens is 280 g/mol. The summed E-state index contributed by atoms with van der Waals surface area (Å²) in [5.74, 6) is 0.360. The van der Waals surface area contributed by atoms with Gasteiger partial charge in [0.2, 0.25) is 5.89 Å². The molecular formula is C13H14N2O6. The Balaban J connectivity index is 2.19. The molecule has 0 atom stereocenters. The highest BCUT2D eigenvalue weighted by atomic mass is 16.5. The molecule has 0 unspecified atom stereocenters. The Morgan fingerprint density at radius 2 is 2.10 bits per heavy atom. The lowest BCUT2D eigenvalue weighted by Crippen LogP contribution is -2.06. The molecule has 8 heteroatoms. The van der Waals surface area contributed by atoms with Gasteiger partial charge in [-0.25, -0.2) is 4.79 Å². The summed E-state index contributed by atoms with van der Waals surface area (Å²) in [6.07, 6.45) is 0. The Labute approximate surface area is 120 Å². The highest BCUT2D eigenvalue weighted by molar-refractivity contribution is 5.68. The normalized spacial score (nSPS) is 10.4. The zero-order valence-electron chi connectivity index (χ0n) is 11.5. The summed E-state index contributed by atoms with van der Waals surface area (Å²) in [4.78, 5) is 10.3. The minimum atomic E-state index is -1.07. The molecule has 0 radical (unpaired) electrons. The molecule has 8 nitrogen and oxygen atoms in total. The fourth-order valence-electron chi connectivity index (χ4n) is 1.70. The van der Waals surface area contributed by atoms with Gasteiger partial charge in [0.1, 0.15) is 13.2 Å². The van der Waals surface area contributed by atoms with E-state index in [4.69, 9.17) is 23.7 Å². The quantitative estimate of drug-likeness (QED) is 0.816. The van der Waals surface area contributed by atoms with E-state index in [0.29, 0.717) is 17.1 Å². The van der Waals surface area contributed by atoms with Gasteiger partial charge < -0.3 is 23.7 Å². The lowest BCUT2D eigenvalue weighted by Gasteiger charge is -2.09. The van der Waals surface area contributed by atoms with E-state index >= 15 is 0 Å². The van der Waals surface area contributed by atoms with E-state index in [1.807, 2.05) is 0 Å². The van der Waals surface area contributed by atoms with Gasteiger partial charge in [-0.15, -0.1) is 10.2 Å². The van der Waals surface area contributed by atoms with E-state index in [9.17, 15) is 4.79 Å². The second-order valence-corrected chi connectivity index (χ2v) is 3.93. The van der Waals surface area contributed by atoms with Crippen molar-refractivity contribution in [2.45, 2.75) is 6.61 Å². The highest BCUT2D eigenvalue weighted by Crippen LogP contribution is 2.36. The van der Waals surface area contributed by atoms with Crippen LogP contribution in [0.5, 0.6) is 11.5 Å². The highest BCUT2D eigenvalue weighted by Gasteiger charge is 2.17. The summed E-state index contributed by atoms with van der Waals surface area (Å²) in [5, 5.41) is 16.2. The third kappa shape index (κ3) is 3.48. The molecule has 1 aromatic carbocycles. The molecule has 0 spiro atoms. The zero-order valence-corrected chi connectivity index (χ0v) is 11.5. The number of benzene rings is 1. The van der Waals surface area contributed by atoms with Crippen molar-refractivity contribution >= 4 is 5.97 Å². The summed E-state index contributed by atoms with van der Waals surface area (Å²) in [6, 6.07) is 5.26. The molecule has 0 bridgehead atoms. The number of rotatable bonds is 7. The number of hydrogen-bond acceptors (Lipinski definition) is 7. The maximum absolute atomic E-state index is 10.3. The van der Waals surface area contributed by atoms with Crippen molar-refractivity contribution in [3.8, 4) is 23.0 Å². The maximum Gasteiger partial charge on any atom is 0.329 e. The molecule has 112 valence electrons. The summed E-state index contributed by atoms with van der Waals surface area (Å²) in [6.45, 7) is -0.508.